The Morgan fingerprint density at radius 3 is 2.61 bits per heavy atom. The van der Waals surface area contributed by atoms with Gasteiger partial charge in [-0.25, -0.2) is 4.98 Å². The second-order valence-corrected chi connectivity index (χ2v) is 8.22. The molecule has 1 aliphatic rings. The van der Waals surface area contributed by atoms with Crippen LogP contribution in [0.15, 0.2) is 54.7 Å². The van der Waals surface area contributed by atoms with E-state index in [0.29, 0.717) is 0 Å². The summed E-state index contributed by atoms with van der Waals surface area (Å²) in [5.74, 6) is 1.05. The second kappa shape index (κ2) is 7.44. The van der Waals surface area contributed by atoms with Crippen molar-refractivity contribution in [1.82, 2.24) is 14.0 Å². The Kier molecular flexibility index (Phi) is 4.65. The first-order valence-electron chi connectivity index (χ1n) is 10.7. The van der Waals surface area contributed by atoms with E-state index in [-0.39, 0.29) is 0 Å². The molecule has 0 amide bonds. The molecule has 2 aromatic carbocycles. The molecular weight excluding hydrogens is 344 g/mol. The summed E-state index contributed by atoms with van der Waals surface area (Å²) < 4.78 is 4.66. The molecule has 0 unspecified atom stereocenters. The third-order valence-electron chi connectivity index (χ3n) is 6.21. The van der Waals surface area contributed by atoms with Crippen molar-refractivity contribution in [3.8, 4) is 11.3 Å². The highest BCUT2D eigenvalue weighted by atomic mass is 15.2. The van der Waals surface area contributed by atoms with Crippen LogP contribution in [0.2, 0.25) is 0 Å². The highest BCUT2D eigenvalue weighted by Crippen LogP contribution is 2.26. The number of hydrogen-bond acceptors (Lipinski definition) is 1. The van der Waals surface area contributed by atoms with E-state index in [2.05, 4.69) is 75.9 Å². The van der Waals surface area contributed by atoms with E-state index in [4.69, 9.17) is 4.98 Å². The van der Waals surface area contributed by atoms with Gasteiger partial charge in [-0.2, -0.15) is 0 Å². The fraction of sp³-hybridized carbons (Fsp3) is 0.375. The maximum atomic E-state index is 4.96. The number of benzene rings is 2. The number of imidazole rings is 2. The van der Waals surface area contributed by atoms with Gasteiger partial charge in [0.15, 0.2) is 0 Å². The fourth-order valence-electron chi connectivity index (χ4n) is 4.63. The summed E-state index contributed by atoms with van der Waals surface area (Å²) in [5.41, 5.74) is 6.06. The topological polar surface area (TPSA) is 38.8 Å². The van der Waals surface area contributed by atoms with Crippen LogP contribution in [-0.4, -0.2) is 26.5 Å². The predicted octanol–water partition coefficient (Wildman–Crippen LogP) is 4.16. The van der Waals surface area contributed by atoms with Crippen LogP contribution in [0, 0.1) is 6.92 Å². The summed E-state index contributed by atoms with van der Waals surface area (Å²) >= 11 is 0. The van der Waals surface area contributed by atoms with Gasteiger partial charge in [0.1, 0.15) is 0 Å². The van der Waals surface area contributed by atoms with Gasteiger partial charge in [0.05, 0.1) is 35.9 Å². The van der Waals surface area contributed by atoms with E-state index >= 15 is 0 Å². The SMILES string of the molecule is Cc1ccc(-c2cn3c4ccccc4nc3n2CC[NH2+]C2CCCCC2)cc1. The van der Waals surface area contributed by atoms with E-state index < -0.39 is 0 Å². The number of rotatable bonds is 5. The summed E-state index contributed by atoms with van der Waals surface area (Å²) in [6.45, 7) is 4.23. The Balaban J connectivity index is 1.51. The van der Waals surface area contributed by atoms with Crippen molar-refractivity contribution in [1.29, 1.82) is 0 Å². The van der Waals surface area contributed by atoms with Crippen molar-refractivity contribution in [2.24, 2.45) is 0 Å². The summed E-state index contributed by atoms with van der Waals surface area (Å²) in [5, 5.41) is 2.57. The van der Waals surface area contributed by atoms with Gasteiger partial charge in [-0.05, 0) is 50.3 Å². The van der Waals surface area contributed by atoms with Gasteiger partial charge in [0.2, 0.25) is 5.78 Å². The molecule has 0 atom stereocenters. The smallest absolute Gasteiger partial charge is 0.215 e. The standard InChI is InChI=1S/C24H28N4/c1-18-11-13-19(14-12-18)23-17-28-22-10-6-5-9-21(22)26-24(28)27(23)16-15-25-20-7-3-2-4-8-20/h5-6,9-14,17,20,25H,2-4,7-8,15-16H2,1H3/p+1. The molecule has 2 heterocycles. The minimum Gasteiger partial charge on any atom is -0.342 e. The molecule has 2 aromatic heterocycles. The van der Waals surface area contributed by atoms with Gasteiger partial charge in [-0.15, -0.1) is 0 Å². The zero-order chi connectivity index (χ0) is 18.9. The average Bonchev–Trinajstić information content (AvgIpc) is 3.26. The Morgan fingerprint density at radius 2 is 1.79 bits per heavy atom. The van der Waals surface area contributed by atoms with E-state index in [1.54, 1.807) is 0 Å². The van der Waals surface area contributed by atoms with Gasteiger partial charge < -0.3 is 9.88 Å². The van der Waals surface area contributed by atoms with Crippen molar-refractivity contribution < 1.29 is 5.32 Å². The van der Waals surface area contributed by atoms with Crippen LogP contribution in [0.5, 0.6) is 0 Å². The number of quaternary nitrogens is 1. The molecule has 28 heavy (non-hydrogen) atoms. The van der Waals surface area contributed by atoms with Crippen LogP contribution in [-0.2, 0) is 6.54 Å². The van der Waals surface area contributed by atoms with E-state index in [0.717, 1.165) is 30.4 Å². The maximum Gasteiger partial charge on any atom is 0.215 e. The van der Waals surface area contributed by atoms with Crippen molar-refractivity contribution >= 4 is 16.8 Å². The molecule has 0 aliphatic heterocycles. The first-order chi connectivity index (χ1) is 13.8. The van der Waals surface area contributed by atoms with Crippen LogP contribution in [0.4, 0.5) is 0 Å². The number of aryl methyl sites for hydroxylation is 1. The third kappa shape index (κ3) is 3.22. The van der Waals surface area contributed by atoms with E-state index in [9.17, 15) is 0 Å². The van der Waals surface area contributed by atoms with Crippen molar-refractivity contribution in [3.63, 3.8) is 0 Å². The Labute approximate surface area is 166 Å². The number of nitrogens with zero attached hydrogens (tertiary/aromatic N) is 3. The van der Waals surface area contributed by atoms with Gasteiger partial charge in [0.25, 0.3) is 0 Å². The minimum atomic E-state index is 0.807. The van der Waals surface area contributed by atoms with Crippen LogP contribution >= 0.6 is 0 Å². The lowest BCUT2D eigenvalue weighted by Gasteiger charge is -2.20. The summed E-state index contributed by atoms with van der Waals surface area (Å²) in [6, 6.07) is 18.1. The van der Waals surface area contributed by atoms with Gasteiger partial charge in [0, 0.05) is 6.20 Å². The first kappa shape index (κ1) is 17.5. The molecule has 1 fully saturated rings. The van der Waals surface area contributed by atoms with Crippen molar-refractivity contribution in [2.45, 2.75) is 51.6 Å². The number of fused-ring (bicyclic) bond motifs is 3. The highest BCUT2D eigenvalue weighted by molar-refractivity contribution is 5.81. The molecule has 0 radical (unpaired) electrons. The lowest BCUT2D eigenvalue weighted by molar-refractivity contribution is -0.692. The van der Waals surface area contributed by atoms with E-state index in [1.807, 2.05) is 0 Å². The molecule has 144 valence electrons. The monoisotopic (exact) mass is 373 g/mol. The Hall–Kier alpha value is -2.59. The number of nitrogens with two attached hydrogens (primary N) is 1. The molecule has 5 rings (SSSR count). The minimum absolute atomic E-state index is 0.807. The lowest BCUT2D eigenvalue weighted by atomic mass is 9.95. The highest BCUT2D eigenvalue weighted by Gasteiger charge is 2.18. The summed E-state index contributed by atoms with van der Waals surface area (Å²) in [6.07, 6.45) is 9.22. The van der Waals surface area contributed by atoms with Crippen molar-refractivity contribution in [3.05, 3.63) is 60.3 Å². The Bertz CT molecular complexity index is 1080. The van der Waals surface area contributed by atoms with E-state index in [1.165, 1.54) is 54.4 Å². The van der Waals surface area contributed by atoms with Gasteiger partial charge in [-0.1, -0.05) is 48.4 Å². The normalized spacial score (nSPS) is 15.6. The van der Waals surface area contributed by atoms with Gasteiger partial charge in [-0.3, -0.25) is 4.40 Å². The van der Waals surface area contributed by atoms with Crippen LogP contribution < -0.4 is 5.32 Å². The van der Waals surface area contributed by atoms with Crippen molar-refractivity contribution in [2.75, 3.05) is 6.54 Å². The fourth-order valence-corrected chi connectivity index (χ4v) is 4.63. The molecule has 4 nitrogen and oxygen atoms in total. The molecule has 2 N–H and O–H groups in total. The van der Waals surface area contributed by atoms with Gasteiger partial charge >= 0.3 is 0 Å². The molecule has 0 spiro atoms. The third-order valence-corrected chi connectivity index (χ3v) is 6.21. The molecule has 1 saturated carbocycles. The Morgan fingerprint density at radius 1 is 1.00 bits per heavy atom. The first-order valence-corrected chi connectivity index (χ1v) is 10.7. The average molecular weight is 374 g/mol. The van der Waals surface area contributed by atoms with Crippen LogP contribution in [0.3, 0.4) is 0 Å². The second-order valence-electron chi connectivity index (χ2n) is 8.22. The zero-order valence-electron chi connectivity index (χ0n) is 16.6. The summed E-state index contributed by atoms with van der Waals surface area (Å²) in [4.78, 5) is 4.96. The molecule has 4 heteroatoms. The number of para-hydroxylation sites is 2. The lowest BCUT2D eigenvalue weighted by Crippen LogP contribution is -2.90. The molecule has 4 aromatic rings. The molecule has 1 aliphatic carbocycles. The zero-order valence-corrected chi connectivity index (χ0v) is 16.6. The number of aromatic nitrogens is 3. The molecule has 0 saturated heterocycles. The largest absolute Gasteiger partial charge is 0.342 e. The van der Waals surface area contributed by atoms with Crippen LogP contribution in [0.1, 0.15) is 37.7 Å². The van der Waals surface area contributed by atoms with Crippen LogP contribution in [0.25, 0.3) is 28.1 Å². The maximum absolute atomic E-state index is 4.96. The molecule has 0 bridgehead atoms. The predicted molar refractivity (Wildman–Crippen MR) is 115 cm³/mol. The summed E-state index contributed by atoms with van der Waals surface area (Å²) in [7, 11) is 0. The molecular formula is C24H29N4+. The quantitative estimate of drug-likeness (QED) is 0.560. The number of hydrogen-bond donors (Lipinski definition) is 1.